The Labute approximate surface area is 263 Å². The van der Waals surface area contributed by atoms with Gasteiger partial charge in [0, 0.05) is 112 Å². The molecular weight excluding hydrogens is 1400 g/mol. The molecule has 0 saturated carbocycles. The molecule has 2 rings (SSSR count). The van der Waals surface area contributed by atoms with Crippen LogP contribution >= 0.6 is 112 Å². The van der Waals surface area contributed by atoms with Gasteiger partial charge >= 0.3 is 83.0 Å². The van der Waals surface area contributed by atoms with E-state index in [0.717, 1.165) is 44.5 Å². The van der Waals surface area contributed by atoms with Crippen LogP contribution in [0, 0.1) is 4.91 Å². The van der Waals surface area contributed by atoms with Gasteiger partial charge in [0.1, 0.15) is 6.10 Å². The molecule has 0 bridgehead atoms. The van der Waals surface area contributed by atoms with Gasteiger partial charge in [0.25, 0.3) is 0 Å². The summed E-state index contributed by atoms with van der Waals surface area (Å²) in [4.78, 5) is 24.3. The molecule has 0 radical (unpaired) electrons. The van der Waals surface area contributed by atoms with Crippen LogP contribution in [0.25, 0.3) is 0 Å². The summed E-state index contributed by atoms with van der Waals surface area (Å²) in [5.74, 6) is -0.318. The van der Waals surface area contributed by atoms with Crippen molar-refractivity contribution < 1.29 is 54.1 Å². The standard InChI is InChI=1S/C16H22NO3.I5.2I2/c1-15(2)10-13(11-16(3,4)17(15)19)20-14(18)12-8-6-5-7-9-12;1-3-5-4-2;2*1-2/h5-9,13H,10-11H2,1-4H3;;;/q+1;-1;;. The minimum absolute atomic E-state index is 0.224. The predicted molar refractivity (Wildman–Crippen MR) is 161 cm³/mol. The third-order valence-electron chi connectivity index (χ3n) is 3.88. The van der Waals surface area contributed by atoms with Gasteiger partial charge in [0.05, 0.1) is 18.4 Å². The number of carbonyl (C=O) groups excluding carboxylic acids is 1. The van der Waals surface area contributed by atoms with Crippen molar-refractivity contribution in [3.63, 3.8) is 0 Å². The van der Waals surface area contributed by atoms with Crippen LogP contribution in [0.15, 0.2) is 30.3 Å². The second-order valence-electron chi connectivity index (χ2n) is 6.88. The molecule has 1 aliphatic rings. The molecule has 4 nitrogen and oxygen atoms in total. The predicted octanol–water partition coefficient (Wildman–Crippen LogP) is -0.332. The number of nitrogens with zero attached hydrogens (tertiary/aromatic N) is 1. The second-order valence-corrected chi connectivity index (χ2v) is 55.6. The van der Waals surface area contributed by atoms with E-state index in [1.54, 1.807) is 12.1 Å². The third-order valence-corrected chi connectivity index (χ3v) is 86.5. The molecule has 0 aliphatic carbocycles. The zero-order valence-electron chi connectivity index (χ0n) is 16.0. The first-order valence-corrected chi connectivity index (χ1v) is 45.5. The van der Waals surface area contributed by atoms with Gasteiger partial charge in [-0.2, -0.15) is 0 Å². The number of hydrogen-bond donors (Lipinski definition) is 0. The van der Waals surface area contributed by atoms with Gasteiger partial charge in [0.15, 0.2) is 0 Å². The second kappa shape index (κ2) is 21.0. The van der Waals surface area contributed by atoms with E-state index in [2.05, 4.69) is 112 Å². The maximum atomic E-state index is 12.2. The Morgan fingerprint density at radius 3 is 1.76 bits per heavy atom. The zero-order valence-corrected chi connectivity index (χ0v) is 35.4. The quantitative estimate of drug-likeness (QED) is 0.236. The van der Waals surface area contributed by atoms with Crippen molar-refractivity contribution in [2.45, 2.75) is 57.7 Å². The Morgan fingerprint density at radius 2 is 1.41 bits per heavy atom. The van der Waals surface area contributed by atoms with Crippen LogP contribution in [0.3, 0.4) is 0 Å². The summed E-state index contributed by atoms with van der Waals surface area (Å²) in [5.41, 5.74) is -0.500. The Balaban J connectivity index is 0. The third kappa shape index (κ3) is 15.6. The number of carbonyl (C=O) groups is 1. The van der Waals surface area contributed by atoms with Crippen molar-refractivity contribution in [2.75, 3.05) is 0 Å². The van der Waals surface area contributed by atoms with Gasteiger partial charge in [-0.15, -0.1) is 0 Å². The van der Waals surface area contributed by atoms with E-state index in [4.69, 9.17) is 4.74 Å². The normalized spacial score (nSPS) is 17.0. The molecule has 29 heavy (non-hydrogen) atoms. The summed E-state index contributed by atoms with van der Waals surface area (Å²) in [5, 5.41) is 0. The van der Waals surface area contributed by atoms with Crippen LogP contribution in [0.2, 0.25) is 0 Å². The molecule has 172 valence electrons. The van der Waals surface area contributed by atoms with Crippen molar-refractivity contribution in [1.82, 2.24) is 0 Å². The van der Waals surface area contributed by atoms with Crippen LogP contribution in [-0.4, -0.2) is 27.9 Å². The van der Waals surface area contributed by atoms with Crippen LogP contribution < -0.4 is 39.8 Å². The fraction of sp³-hybridized carbons (Fsp3) is 0.562. The Kier molecular flexibility index (Phi) is 26.1. The number of esters is 1. The van der Waals surface area contributed by atoms with E-state index < -0.39 is 11.1 Å². The molecule has 1 heterocycles. The van der Waals surface area contributed by atoms with Crippen LogP contribution in [0.1, 0.15) is 50.9 Å². The van der Waals surface area contributed by atoms with E-state index in [-0.39, 0.29) is 12.1 Å². The first-order valence-electron chi connectivity index (χ1n) is 7.82. The zero-order chi connectivity index (χ0) is 23.1. The topological polar surface area (TPSA) is 46.4 Å². The summed E-state index contributed by atoms with van der Waals surface area (Å²) in [7, 11) is 0. The summed E-state index contributed by atoms with van der Waals surface area (Å²) < 4.78 is 6.72. The molecule has 13 heteroatoms. The van der Waals surface area contributed by atoms with Gasteiger partial charge in [0.2, 0.25) is 11.1 Å². The van der Waals surface area contributed by atoms with Crippen LogP contribution in [0.4, 0.5) is 0 Å². The number of ether oxygens (including phenoxy) is 1. The number of nitroso groups, excluding NO2 is 1. The van der Waals surface area contributed by atoms with E-state index in [1.807, 2.05) is 45.9 Å². The Bertz CT molecular complexity index is 566. The van der Waals surface area contributed by atoms with Crippen molar-refractivity contribution in [2.24, 2.45) is 0 Å². The molecule has 0 unspecified atom stereocenters. The molecule has 0 atom stereocenters. The Morgan fingerprint density at radius 1 is 1.00 bits per heavy atom. The average molecular weight is 1420 g/mol. The minimum atomic E-state index is -0.524. The summed E-state index contributed by atoms with van der Waals surface area (Å²) >= 11 is 15.9. The van der Waals surface area contributed by atoms with Crippen molar-refractivity contribution in [3.05, 3.63) is 40.8 Å². The fourth-order valence-electron chi connectivity index (χ4n) is 3.06. The number of rotatable bonds is 4. The molecule has 0 N–H and O–H groups in total. The maximum absolute atomic E-state index is 12.2. The van der Waals surface area contributed by atoms with Crippen molar-refractivity contribution in [3.8, 4) is 0 Å². The van der Waals surface area contributed by atoms with Gasteiger partial charge in [-0.05, 0) is 12.1 Å². The van der Waals surface area contributed by atoms with E-state index >= 15 is 0 Å². The molecule has 1 aliphatic heterocycles. The monoisotopic (exact) mass is 1420 g/mol. The number of halogens is 9. The van der Waals surface area contributed by atoms with E-state index in [1.165, 1.54) is 0 Å². The molecule has 0 aromatic heterocycles. The molecule has 0 spiro atoms. The summed E-state index contributed by atoms with van der Waals surface area (Å²) in [6.07, 6.45) is 0.884. The SMILES string of the molecule is CC1(C)CC(OC(=O)c2ccccc2)CC(C)(C)[N+]1=O.II.II.I[I-][I+][I-]I. The first-order chi connectivity index (χ1) is 13.6. The average Bonchev–Trinajstić information content (AvgIpc) is 2.70. The number of benzene rings is 1. The van der Waals surface area contributed by atoms with E-state index in [0.29, 0.717) is 18.4 Å². The molecule has 0 amide bonds. The fourth-order valence-corrected chi connectivity index (χ4v) is 108. The van der Waals surface area contributed by atoms with Gasteiger partial charge in [-0.3, -0.25) is 0 Å². The van der Waals surface area contributed by atoms with Gasteiger partial charge in [-0.25, -0.2) is 4.79 Å². The molecule has 1 fully saturated rings. The molecular formula is C16H22I9NO3. The number of piperidine rings is 1. The van der Waals surface area contributed by atoms with Crippen molar-refractivity contribution >= 4 is 118 Å². The number of hydrogen-bond acceptors (Lipinski definition) is 3. The van der Waals surface area contributed by atoms with Gasteiger partial charge in [-0.1, -0.05) is 18.2 Å². The van der Waals surface area contributed by atoms with Crippen LogP contribution in [0.5, 0.6) is 0 Å². The first kappa shape index (κ1) is 36.0. The summed E-state index contributed by atoms with van der Waals surface area (Å²) in [6.45, 7) is 7.57. The van der Waals surface area contributed by atoms with Gasteiger partial charge < -0.3 is 4.74 Å². The van der Waals surface area contributed by atoms with Crippen molar-refractivity contribution in [1.29, 1.82) is 0 Å². The molecule has 1 saturated heterocycles. The summed E-state index contributed by atoms with van der Waals surface area (Å²) in [6, 6.07) is 8.96. The van der Waals surface area contributed by atoms with Crippen LogP contribution in [-0.2, 0) is 4.74 Å². The molecule has 1 aromatic rings. The van der Waals surface area contributed by atoms with E-state index in [9.17, 15) is 9.70 Å². The Hall–Kier alpha value is 4.86. The molecule has 1 aromatic carbocycles.